The van der Waals surface area contributed by atoms with Crippen molar-refractivity contribution in [2.24, 2.45) is 0 Å². The fourth-order valence-corrected chi connectivity index (χ4v) is 3.23. The van der Waals surface area contributed by atoms with Gasteiger partial charge >= 0.3 is 0 Å². The number of halogens is 2. The highest BCUT2D eigenvalue weighted by Crippen LogP contribution is 2.37. The molecule has 2 aromatic rings. The molecule has 0 spiro atoms. The first-order valence-electron chi connectivity index (χ1n) is 6.54. The van der Waals surface area contributed by atoms with Gasteiger partial charge in [0.25, 0.3) is 15.9 Å². The predicted molar refractivity (Wildman–Crippen MR) is 79.4 cm³/mol. The van der Waals surface area contributed by atoms with Crippen LogP contribution in [-0.4, -0.2) is 26.0 Å². The first-order valence-corrected chi connectivity index (χ1v) is 8.02. The number of aromatic hydroxyl groups is 1. The zero-order chi connectivity index (χ0) is 17.5. The number of hydrogen-bond donors (Lipinski definition) is 3. The maximum Gasteiger partial charge on any atom is 0.265 e. The van der Waals surface area contributed by atoms with Crippen LogP contribution < -0.4 is 14.8 Å². The van der Waals surface area contributed by atoms with E-state index in [4.69, 9.17) is 4.74 Å². The van der Waals surface area contributed by atoms with E-state index in [9.17, 15) is 27.1 Å². The second kappa shape index (κ2) is 5.64. The standard InChI is InChI=1S/C14H10F2N2O5S/c15-8-2-1-7(3-9(8)16)18-24(21,22)13-5-12-10(4-11(13)19)17-14(20)6-23-12/h1-5,18-19H,6H2,(H,17,20). The number of phenolic OH excluding ortho intramolecular Hbond substituents is 1. The van der Waals surface area contributed by atoms with Crippen LogP contribution in [0.5, 0.6) is 11.5 Å². The zero-order valence-corrected chi connectivity index (χ0v) is 12.7. The van der Waals surface area contributed by atoms with E-state index in [0.29, 0.717) is 6.07 Å². The number of phenols is 1. The second-order valence-electron chi connectivity index (χ2n) is 4.89. The monoisotopic (exact) mass is 356 g/mol. The molecule has 0 atom stereocenters. The van der Waals surface area contributed by atoms with Crippen LogP contribution in [0.4, 0.5) is 20.2 Å². The van der Waals surface area contributed by atoms with Gasteiger partial charge in [0.05, 0.1) is 11.4 Å². The second-order valence-corrected chi connectivity index (χ2v) is 6.54. The summed E-state index contributed by atoms with van der Waals surface area (Å²) in [5, 5.41) is 12.3. The Kier molecular flexibility index (Phi) is 3.76. The van der Waals surface area contributed by atoms with Crippen molar-refractivity contribution in [3.63, 3.8) is 0 Å². The molecule has 126 valence electrons. The minimum Gasteiger partial charge on any atom is -0.506 e. The van der Waals surface area contributed by atoms with Crippen LogP contribution in [0.3, 0.4) is 0 Å². The van der Waals surface area contributed by atoms with Gasteiger partial charge in [0.2, 0.25) is 0 Å². The molecule has 10 heteroatoms. The molecule has 0 saturated carbocycles. The van der Waals surface area contributed by atoms with Crippen molar-refractivity contribution in [3.05, 3.63) is 42.0 Å². The number of hydrogen-bond acceptors (Lipinski definition) is 5. The van der Waals surface area contributed by atoms with Gasteiger partial charge in [-0.05, 0) is 12.1 Å². The molecule has 1 amide bonds. The average Bonchev–Trinajstić information content (AvgIpc) is 2.49. The molecule has 0 radical (unpaired) electrons. The van der Waals surface area contributed by atoms with E-state index in [2.05, 4.69) is 5.32 Å². The van der Waals surface area contributed by atoms with Gasteiger partial charge < -0.3 is 15.2 Å². The molecule has 0 aliphatic carbocycles. The Morgan fingerprint density at radius 3 is 2.62 bits per heavy atom. The minimum absolute atomic E-state index is 0.0538. The van der Waals surface area contributed by atoms with Gasteiger partial charge in [-0.1, -0.05) is 0 Å². The normalized spacial score (nSPS) is 13.7. The Balaban J connectivity index is 1.97. The first-order chi connectivity index (χ1) is 11.3. The number of sulfonamides is 1. The molecule has 1 aliphatic rings. The molecule has 1 heterocycles. The quantitative estimate of drug-likeness (QED) is 0.778. The summed E-state index contributed by atoms with van der Waals surface area (Å²) in [4.78, 5) is 10.7. The average molecular weight is 356 g/mol. The van der Waals surface area contributed by atoms with E-state index in [1.165, 1.54) is 0 Å². The third-order valence-electron chi connectivity index (χ3n) is 3.16. The lowest BCUT2D eigenvalue weighted by molar-refractivity contribution is -0.118. The molecular formula is C14H10F2N2O5S. The van der Waals surface area contributed by atoms with Crippen LogP contribution in [-0.2, 0) is 14.8 Å². The van der Waals surface area contributed by atoms with Crippen LogP contribution in [0.25, 0.3) is 0 Å². The highest BCUT2D eigenvalue weighted by atomic mass is 32.2. The van der Waals surface area contributed by atoms with Crippen molar-refractivity contribution >= 4 is 27.3 Å². The minimum atomic E-state index is -4.30. The first kappa shape index (κ1) is 16.0. The van der Waals surface area contributed by atoms with Crippen molar-refractivity contribution in [1.29, 1.82) is 0 Å². The summed E-state index contributed by atoms with van der Waals surface area (Å²) in [6.45, 7) is -0.298. The summed E-state index contributed by atoms with van der Waals surface area (Å²) in [6.07, 6.45) is 0. The lowest BCUT2D eigenvalue weighted by Crippen LogP contribution is -2.25. The number of carbonyl (C=O) groups is 1. The number of rotatable bonds is 3. The molecule has 3 rings (SSSR count). The van der Waals surface area contributed by atoms with Crippen molar-refractivity contribution in [1.82, 2.24) is 0 Å². The van der Waals surface area contributed by atoms with Crippen molar-refractivity contribution in [3.8, 4) is 11.5 Å². The summed E-state index contributed by atoms with van der Waals surface area (Å²) >= 11 is 0. The Bertz CT molecular complexity index is 946. The van der Waals surface area contributed by atoms with Gasteiger partial charge in [-0.25, -0.2) is 17.2 Å². The van der Waals surface area contributed by atoms with E-state index in [1.807, 2.05) is 4.72 Å². The number of fused-ring (bicyclic) bond motifs is 1. The van der Waals surface area contributed by atoms with Gasteiger partial charge in [0.15, 0.2) is 18.2 Å². The van der Waals surface area contributed by atoms with Crippen LogP contribution in [0.2, 0.25) is 0 Å². The third-order valence-corrected chi connectivity index (χ3v) is 4.57. The van der Waals surface area contributed by atoms with E-state index in [1.54, 1.807) is 0 Å². The summed E-state index contributed by atoms with van der Waals surface area (Å²) in [5.74, 6) is -3.39. The number of nitrogens with one attached hydrogen (secondary N) is 2. The molecule has 0 fully saturated rings. The Hall–Kier alpha value is -2.88. The number of benzene rings is 2. The summed E-state index contributed by atoms with van der Waals surface area (Å²) in [5.41, 5.74) is -0.101. The van der Waals surface area contributed by atoms with Crippen LogP contribution >= 0.6 is 0 Å². The molecule has 0 aromatic heterocycles. The Labute approximate surface area is 134 Å². The molecule has 7 nitrogen and oxygen atoms in total. The number of ether oxygens (including phenoxy) is 1. The Morgan fingerprint density at radius 1 is 1.17 bits per heavy atom. The van der Waals surface area contributed by atoms with E-state index in [0.717, 1.165) is 24.3 Å². The predicted octanol–water partition coefficient (Wildman–Crippen LogP) is 1.80. The third kappa shape index (κ3) is 2.95. The van der Waals surface area contributed by atoms with Gasteiger partial charge in [0.1, 0.15) is 16.4 Å². The highest BCUT2D eigenvalue weighted by Gasteiger charge is 2.25. The Morgan fingerprint density at radius 2 is 1.92 bits per heavy atom. The molecule has 1 aliphatic heterocycles. The van der Waals surface area contributed by atoms with Crippen LogP contribution in [0, 0.1) is 11.6 Å². The fourth-order valence-electron chi connectivity index (χ4n) is 2.08. The van der Waals surface area contributed by atoms with Crippen molar-refractivity contribution in [2.75, 3.05) is 16.6 Å². The maximum atomic E-state index is 13.2. The zero-order valence-electron chi connectivity index (χ0n) is 11.8. The summed E-state index contributed by atoms with van der Waals surface area (Å²) in [6, 6.07) is 4.50. The van der Waals surface area contributed by atoms with Gasteiger partial charge in [-0.2, -0.15) is 0 Å². The van der Waals surface area contributed by atoms with Crippen LogP contribution in [0.15, 0.2) is 35.2 Å². The lowest BCUT2D eigenvalue weighted by atomic mass is 10.2. The van der Waals surface area contributed by atoms with E-state index < -0.39 is 38.2 Å². The SMILES string of the molecule is O=C1COc2cc(S(=O)(=O)Nc3ccc(F)c(F)c3)c(O)cc2N1. The fraction of sp³-hybridized carbons (Fsp3) is 0.0714. The number of anilines is 2. The molecule has 0 bridgehead atoms. The van der Waals surface area contributed by atoms with Gasteiger partial charge in [0, 0.05) is 18.2 Å². The molecule has 2 aromatic carbocycles. The van der Waals surface area contributed by atoms with E-state index >= 15 is 0 Å². The number of carbonyl (C=O) groups excluding carboxylic acids is 1. The summed E-state index contributed by atoms with van der Waals surface area (Å²) in [7, 11) is -4.30. The number of amides is 1. The maximum absolute atomic E-state index is 13.2. The molecule has 24 heavy (non-hydrogen) atoms. The molecular weight excluding hydrogens is 346 g/mol. The van der Waals surface area contributed by atoms with E-state index in [-0.39, 0.29) is 23.7 Å². The van der Waals surface area contributed by atoms with Crippen molar-refractivity contribution in [2.45, 2.75) is 4.90 Å². The highest BCUT2D eigenvalue weighted by molar-refractivity contribution is 7.92. The smallest absolute Gasteiger partial charge is 0.265 e. The molecule has 0 unspecified atom stereocenters. The molecule has 0 saturated heterocycles. The van der Waals surface area contributed by atoms with Gasteiger partial charge in [-0.3, -0.25) is 9.52 Å². The van der Waals surface area contributed by atoms with Crippen LogP contribution in [0.1, 0.15) is 0 Å². The summed E-state index contributed by atoms with van der Waals surface area (Å²) < 4.78 is 57.9. The molecule has 3 N–H and O–H groups in total. The van der Waals surface area contributed by atoms with Gasteiger partial charge in [-0.15, -0.1) is 0 Å². The largest absolute Gasteiger partial charge is 0.506 e. The van der Waals surface area contributed by atoms with Crippen molar-refractivity contribution < 1.29 is 31.8 Å². The topological polar surface area (TPSA) is 105 Å². The lowest BCUT2D eigenvalue weighted by Gasteiger charge is -2.19.